The summed E-state index contributed by atoms with van der Waals surface area (Å²) in [5, 5.41) is 5.00. The fourth-order valence-electron chi connectivity index (χ4n) is 1.88. The average molecular weight is 248 g/mol. The lowest BCUT2D eigenvalue weighted by atomic mass is 10.3. The molecule has 0 spiro atoms. The van der Waals surface area contributed by atoms with Crippen molar-refractivity contribution >= 4 is 23.4 Å². The van der Waals surface area contributed by atoms with Crippen LogP contribution in [-0.2, 0) is 7.05 Å². The van der Waals surface area contributed by atoms with E-state index in [4.69, 9.17) is 0 Å². The van der Waals surface area contributed by atoms with Gasteiger partial charge in [-0.1, -0.05) is 0 Å². The molecule has 0 N–H and O–H groups in total. The fraction of sp³-hybridized carbons (Fsp3) is 0.0909. The summed E-state index contributed by atoms with van der Waals surface area (Å²) < 4.78 is 16.3. The third kappa shape index (κ3) is 1.52. The number of aromatic nitrogens is 4. The van der Waals surface area contributed by atoms with Gasteiger partial charge < -0.3 is 0 Å². The molecule has 0 bridgehead atoms. The van der Waals surface area contributed by atoms with Crippen molar-refractivity contribution in [2.75, 3.05) is 0 Å². The van der Waals surface area contributed by atoms with Crippen molar-refractivity contribution in [2.24, 2.45) is 7.05 Å². The molecule has 86 valence electrons. The maximum absolute atomic E-state index is 13.1. The number of halogens is 1. The Balaban J connectivity index is 2.33. The van der Waals surface area contributed by atoms with Crippen LogP contribution in [0.4, 0.5) is 3.89 Å². The smallest absolute Gasteiger partial charge is 0.171 e. The Morgan fingerprint density at radius 3 is 2.82 bits per heavy atom. The third-order valence-corrected chi connectivity index (χ3v) is 3.18. The Hall–Kier alpha value is -1.82. The van der Waals surface area contributed by atoms with Crippen molar-refractivity contribution in [1.82, 2.24) is 18.7 Å². The van der Waals surface area contributed by atoms with E-state index in [1.165, 1.54) is 3.97 Å². The first-order chi connectivity index (χ1) is 8.31. The van der Waals surface area contributed by atoms with Crippen LogP contribution in [0.2, 0.25) is 0 Å². The molecule has 3 aromatic heterocycles. The van der Waals surface area contributed by atoms with E-state index in [1.54, 1.807) is 17.1 Å². The fourth-order valence-corrected chi connectivity index (χ4v) is 2.32. The number of rotatable bonds is 2. The monoisotopic (exact) mass is 248 g/mol. The van der Waals surface area contributed by atoms with Crippen molar-refractivity contribution in [2.45, 2.75) is 0 Å². The quantitative estimate of drug-likeness (QED) is 0.699. The summed E-state index contributed by atoms with van der Waals surface area (Å²) in [7, 11) is 1.83. The molecular weight excluding hydrogens is 239 g/mol. The molecule has 0 aliphatic rings. The van der Waals surface area contributed by atoms with Gasteiger partial charge in [-0.3, -0.25) is 4.68 Å². The first kappa shape index (κ1) is 10.3. The second-order valence-electron chi connectivity index (χ2n) is 3.65. The largest absolute Gasteiger partial charge is 0.266 e. The van der Waals surface area contributed by atoms with E-state index < -0.39 is 0 Å². The number of hydrogen-bond acceptors (Lipinski definition) is 3. The summed E-state index contributed by atoms with van der Waals surface area (Å²) in [6.45, 7) is 0. The van der Waals surface area contributed by atoms with Gasteiger partial charge in [-0.2, -0.15) is 5.10 Å². The Kier molecular flexibility index (Phi) is 2.36. The summed E-state index contributed by atoms with van der Waals surface area (Å²) in [5.74, 6) is 0. The molecule has 3 aromatic rings. The summed E-state index contributed by atoms with van der Waals surface area (Å²) in [6, 6.07) is 7.50. The van der Waals surface area contributed by atoms with Crippen LogP contribution in [0.1, 0.15) is 0 Å². The molecule has 0 saturated carbocycles. The third-order valence-electron chi connectivity index (χ3n) is 2.67. The van der Waals surface area contributed by atoms with Crippen LogP contribution in [0.25, 0.3) is 22.4 Å². The lowest BCUT2D eigenvalue weighted by Gasteiger charge is -2.03. The standard InChI is InChI=1S/C11H9FN4S/c1-15-9(4-6-14-15)10-7-8-3-2-5-13-11(8)16(10)17-12/h2-7H,1H3. The molecule has 4 nitrogen and oxygen atoms in total. The molecule has 3 heterocycles. The van der Waals surface area contributed by atoms with E-state index in [1.807, 2.05) is 31.3 Å². The highest BCUT2D eigenvalue weighted by molar-refractivity contribution is 7.93. The number of nitrogens with zero attached hydrogens (tertiary/aromatic N) is 4. The van der Waals surface area contributed by atoms with Crippen LogP contribution in [0.3, 0.4) is 0 Å². The predicted octanol–water partition coefficient (Wildman–Crippen LogP) is 2.82. The molecule has 0 unspecified atom stereocenters. The maximum atomic E-state index is 13.1. The second-order valence-corrected chi connectivity index (χ2v) is 4.15. The SMILES string of the molecule is Cn1nccc1-c1cc2cccnc2n1SF. The van der Waals surface area contributed by atoms with E-state index in [0.717, 1.165) is 16.8 Å². The van der Waals surface area contributed by atoms with Crippen molar-refractivity contribution in [3.8, 4) is 11.4 Å². The predicted molar refractivity (Wildman–Crippen MR) is 66.0 cm³/mol. The number of pyridine rings is 1. The van der Waals surface area contributed by atoms with Crippen molar-refractivity contribution in [3.63, 3.8) is 0 Å². The molecule has 6 heteroatoms. The molecule has 3 rings (SSSR count). The average Bonchev–Trinajstić information content (AvgIpc) is 2.91. The minimum atomic E-state index is 0.152. The summed E-state index contributed by atoms with van der Waals surface area (Å²) in [4.78, 5) is 4.18. The molecule has 17 heavy (non-hydrogen) atoms. The molecule has 0 saturated heterocycles. The molecule has 0 fully saturated rings. The Morgan fingerprint density at radius 1 is 1.24 bits per heavy atom. The minimum Gasteiger partial charge on any atom is -0.266 e. The molecule has 0 aliphatic heterocycles. The zero-order valence-corrected chi connectivity index (χ0v) is 9.86. The van der Waals surface area contributed by atoms with Gasteiger partial charge >= 0.3 is 0 Å². The summed E-state index contributed by atoms with van der Waals surface area (Å²) in [6.07, 6.45) is 3.34. The van der Waals surface area contributed by atoms with Crippen LogP contribution in [0, 0.1) is 0 Å². The van der Waals surface area contributed by atoms with Gasteiger partial charge in [0.05, 0.1) is 11.4 Å². The second kappa shape index (κ2) is 3.89. The lowest BCUT2D eigenvalue weighted by Crippen LogP contribution is -1.96. The zero-order valence-electron chi connectivity index (χ0n) is 9.04. The summed E-state index contributed by atoms with van der Waals surface area (Å²) >= 11 is 0.152. The van der Waals surface area contributed by atoms with E-state index in [0.29, 0.717) is 5.65 Å². The Labute approximate surface area is 102 Å². The van der Waals surface area contributed by atoms with Crippen LogP contribution >= 0.6 is 12.3 Å². The highest BCUT2D eigenvalue weighted by Gasteiger charge is 2.14. The van der Waals surface area contributed by atoms with Crippen LogP contribution in [0.5, 0.6) is 0 Å². The molecule has 0 aliphatic carbocycles. The van der Waals surface area contributed by atoms with E-state index >= 15 is 0 Å². The van der Waals surface area contributed by atoms with E-state index in [9.17, 15) is 3.89 Å². The number of hydrogen-bond donors (Lipinski definition) is 0. The van der Waals surface area contributed by atoms with Crippen molar-refractivity contribution in [3.05, 3.63) is 36.7 Å². The number of aryl methyl sites for hydroxylation is 1. The van der Waals surface area contributed by atoms with Gasteiger partial charge in [0.1, 0.15) is 0 Å². The minimum absolute atomic E-state index is 0.152. The van der Waals surface area contributed by atoms with Gasteiger partial charge in [0.15, 0.2) is 18.0 Å². The van der Waals surface area contributed by atoms with Gasteiger partial charge in [0.25, 0.3) is 0 Å². The first-order valence-electron chi connectivity index (χ1n) is 5.05. The Morgan fingerprint density at radius 2 is 2.12 bits per heavy atom. The zero-order chi connectivity index (χ0) is 11.8. The van der Waals surface area contributed by atoms with Crippen LogP contribution in [0.15, 0.2) is 36.7 Å². The van der Waals surface area contributed by atoms with Gasteiger partial charge in [0.2, 0.25) is 0 Å². The maximum Gasteiger partial charge on any atom is 0.171 e. The molecule has 0 aromatic carbocycles. The molecule has 0 atom stereocenters. The first-order valence-corrected chi connectivity index (χ1v) is 5.72. The normalized spacial score (nSPS) is 11.2. The molecule has 0 radical (unpaired) electrons. The summed E-state index contributed by atoms with van der Waals surface area (Å²) in [5.41, 5.74) is 2.23. The van der Waals surface area contributed by atoms with Gasteiger partial charge in [-0.15, -0.1) is 3.89 Å². The van der Waals surface area contributed by atoms with Crippen LogP contribution < -0.4 is 0 Å². The highest BCUT2D eigenvalue weighted by Crippen LogP contribution is 2.30. The molecular formula is C11H9FN4S. The van der Waals surface area contributed by atoms with Gasteiger partial charge in [-0.25, -0.2) is 8.96 Å². The number of fused-ring (bicyclic) bond motifs is 1. The Bertz CT molecular complexity index is 673. The van der Waals surface area contributed by atoms with Gasteiger partial charge in [-0.05, 0) is 24.3 Å². The van der Waals surface area contributed by atoms with Crippen LogP contribution in [-0.4, -0.2) is 18.7 Å². The van der Waals surface area contributed by atoms with E-state index in [2.05, 4.69) is 10.1 Å². The van der Waals surface area contributed by atoms with Crippen molar-refractivity contribution in [1.29, 1.82) is 0 Å². The van der Waals surface area contributed by atoms with Gasteiger partial charge in [0, 0.05) is 24.8 Å². The topological polar surface area (TPSA) is 35.6 Å². The lowest BCUT2D eigenvalue weighted by molar-refractivity contribution is 0.772. The molecule has 0 amide bonds. The van der Waals surface area contributed by atoms with Crippen molar-refractivity contribution < 1.29 is 3.89 Å². The van der Waals surface area contributed by atoms with E-state index in [-0.39, 0.29) is 12.3 Å². The highest BCUT2D eigenvalue weighted by atomic mass is 32.2.